The number of anilines is 1. The van der Waals surface area contributed by atoms with Crippen molar-refractivity contribution in [2.24, 2.45) is 0 Å². The zero-order valence-electron chi connectivity index (χ0n) is 13.2. The van der Waals surface area contributed by atoms with Crippen LogP contribution in [0.15, 0.2) is 16.1 Å². The maximum Gasteiger partial charge on any atom is 0.240 e. The first-order valence-electron chi connectivity index (χ1n) is 7.51. The molecule has 1 saturated heterocycles. The number of aromatic nitrogens is 3. The summed E-state index contributed by atoms with van der Waals surface area (Å²) in [7, 11) is 2.05. The third-order valence-electron chi connectivity index (χ3n) is 3.88. The molecule has 2 aromatic heterocycles. The van der Waals surface area contributed by atoms with Crippen LogP contribution >= 0.6 is 11.3 Å². The van der Waals surface area contributed by atoms with E-state index in [0.29, 0.717) is 36.0 Å². The van der Waals surface area contributed by atoms with E-state index in [1.165, 1.54) is 11.3 Å². The first kappa shape index (κ1) is 16.0. The second-order valence-electron chi connectivity index (χ2n) is 5.71. The Morgan fingerprint density at radius 1 is 1.61 bits per heavy atom. The lowest BCUT2D eigenvalue weighted by Gasteiger charge is -2.23. The molecule has 23 heavy (non-hydrogen) atoms. The zero-order valence-corrected chi connectivity index (χ0v) is 14.0. The summed E-state index contributed by atoms with van der Waals surface area (Å²) in [5.41, 5.74) is 0. The van der Waals surface area contributed by atoms with E-state index in [0.717, 1.165) is 19.5 Å². The van der Waals surface area contributed by atoms with Crippen LogP contribution in [0.25, 0.3) is 0 Å². The van der Waals surface area contributed by atoms with Crippen LogP contribution in [0, 0.1) is 6.92 Å². The Hall–Kier alpha value is -1.84. The van der Waals surface area contributed by atoms with E-state index in [1.54, 1.807) is 13.1 Å². The molecule has 3 heterocycles. The van der Waals surface area contributed by atoms with Gasteiger partial charge in [0.15, 0.2) is 11.0 Å². The van der Waals surface area contributed by atoms with Crippen molar-refractivity contribution in [3.63, 3.8) is 0 Å². The van der Waals surface area contributed by atoms with Crippen LogP contribution in [-0.2, 0) is 11.3 Å². The smallest absolute Gasteiger partial charge is 0.240 e. The standard InChI is InChI=1S/C14H20N6O2S/c1-10-16-12(18-22-10)8-19(2)11-3-5-20(7-11)9-13(21)17-14-15-4-6-23-14/h4,6,11H,3,5,7-9H2,1-2H3,(H,15,17,21)/t11-/m0/s1. The summed E-state index contributed by atoms with van der Waals surface area (Å²) in [6.45, 7) is 4.60. The first-order valence-corrected chi connectivity index (χ1v) is 8.39. The van der Waals surface area contributed by atoms with Crippen LogP contribution in [0.1, 0.15) is 18.1 Å². The lowest BCUT2D eigenvalue weighted by molar-refractivity contribution is -0.117. The number of nitrogens with zero attached hydrogens (tertiary/aromatic N) is 5. The largest absolute Gasteiger partial charge is 0.340 e. The monoisotopic (exact) mass is 336 g/mol. The molecule has 0 aliphatic carbocycles. The molecule has 0 spiro atoms. The highest BCUT2D eigenvalue weighted by atomic mass is 32.1. The highest BCUT2D eigenvalue weighted by Gasteiger charge is 2.27. The minimum absolute atomic E-state index is 0.0166. The molecule has 8 nitrogen and oxygen atoms in total. The van der Waals surface area contributed by atoms with Crippen LogP contribution in [0.3, 0.4) is 0 Å². The van der Waals surface area contributed by atoms with Gasteiger partial charge in [-0.25, -0.2) is 4.98 Å². The van der Waals surface area contributed by atoms with Gasteiger partial charge in [0.05, 0.1) is 13.1 Å². The number of likely N-dealkylation sites (tertiary alicyclic amines) is 1. The molecule has 9 heteroatoms. The molecule has 2 aromatic rings. The SMILES string of the molecule is Cc1nc(CN(C)[C@H]2CCN(CC(=O)Nc3nccs3)C2)no1. The van der Waals surface area contributed by atoms with E-state index in [4.69, 9.17) is 4.52 Å². The molecule has 0 aromatic carbocycles. The third kappa shape index (κ3) is 4.34. The van der Waals surface area contributed by atoms with Crippen molar-refractivity contribution >= 4 is 22.4 Å². The van der Waals surface area contributed by atoms with Crippen LogP contribution in [0.2, 0.25) is 0 Å². The Morgan fingerprint density at radius 3 is 3.17 bits per heavy atom. The first-order chi connectivity index (χ1) is 11.1. The van der Waals surface area contributed by atoms with Crippen LogP contribution in [0.4, 0.5) is 5.13 Å². The fraction of sp³-hybridized carbons (Fsp3) is 0.571. The highest BCUT2D eigenvalue weighted by molar-refractivity contribution is 7.13. The molecule has 1 amide bonds. The average molecular weight is 336 g/mol. The Kier molecular flexibility index (Phi) is 4.99. The fourth-order valence-corrected chi connectivity index (χ4v) is 3.27. The summed E-state index contributed by atoms with van der Waals surface area (Å²) in [6.07, 6.45) is 2.71. The molecular formula is C14H20N6O2S. The zero-order chi connectivity index (χ0) is 16.2. The Bertz CT molecular complexity index is 643. The number of rotatable bonds is 6. The van der Waals surface area contributed by atoms with Crippen molar-refractivity contribution in [1.82, 2.24) is 24.9 Å². The highest BCUT2D eigenvalue weighted by Crippen LogP contribution is 2.16. The van der Waals surface area contributed by atoms with Gasteiger partial charge >= 0.3 is 0 Å². The van der Waals surface area contributed by atoms with E-state index in [2.05, 4.69) is 37.3 Å². The third-order valence-corrected chi connectivity index (χ3v) is 4.57. The quantitative estimate of drug-likeness (QED) is 0.841. The number of carbonyl (C=O) groups excluding carboxylic acids is 1. The Morgan fingerprint density at radius 2 is 2.48 bits per heavy atom. The molecule has 0 bridgehead atoms. The summed E-state index contributed by atoms with van der Waals surface area (Å²) in [5.74, 6) is 1.27. The van der Waals surface area contributed by atoms with E-state index in [9.17, 15) is 4.79 Å². The number of hydrogen-bond acceptors (Lipinski definition) is 8. The van der Waals surface area contributed by atoms with Gasteiger partial charge in [-0.15, -0.1) is 11.3 Å². The van der Waals surface area contributed by atoms with Crippen molar-refractivity contribution in [3.05, 3.63) is 23.3 Å². The van der Waals surface area contributed by atoms with Gasteiger partial charge in [0.1, 0.15) is 0 Å². The van der Waals surface area contributed by atoms with Gasteiger partial charge in [0.2, 0.25) is 11.8 Å². The summed E-state index contributed by atoms with van der Waals surface area (Å²) in [4.78, 5) is 24.7. The summed E-state index contributed by atoms with van der Waals surface area (Å²) >= 11 is 1.43. The maximum atomic E-state index is 12.0. The normalized spacial score (nSPS) is 18.7. The lowest BCUT2D eigenvalue weighted by atomic mass is 10.2. The number of nitrogens with one attached hydrogen (secondary N) is 1. The van der Waals surface area contributed by atoms with Gasteiger partial charge in [-0.3, -0.25) is 14.6 Å². The number of thiazole rings is 1. The molecule has 1 atom stereocenters. The molecular weight excluding hydrogens is 316 g/mol. The van der Waals surface area contributed by atoms with Crippen molar-refractivity contribution in [2.75, 3.05) is 32.0 Å². The molecule has 1 fully saturated rings. The van der Waals surface area contributed by atoms with Crippen molar-refractivity contribution < 1.29 is 9.32 Å². The van der Waals surface area contributed by atoms with Gasteiger partial charge < -0.3 is 9.84 Å². The van der Waals surface area contributed by atoms with Gasteiger partial charge in [-0.2, -0.15) is 4.98 Å². The number of likely N-dealkylation sites (N-methyl/N-ethyl adjacent to an activating group) is 1. The van der Waals surface area contributed by atoms with Gasteiger partial charge in [0, 0.05) is 37.6 Å². The van der Waals surface area contributed by atoms with Crippen molar-refractivity contribution in [3.8, 4) is 0 Å². The molecule has 1 aliphatic heterocycles. The molecule has 1 aliphatic rings. The Balaban J connectivity index is 1.45. The van der Waals surface area contributed by atoms with Gasteiger partial charge in [-0.1, -0.05) is 5.16 Å². The predicted molar refractivity (Wildman–Crippen MR) is 86.1 cm³/mol. The van der Waals surface area contributed by atoms with Gasteiger partial charge in [-0.05, 0) is 13.5 Å². The van der Waals surface area contributed by atoms with E-state index >= 15 is 0 Å². The summed E-state index contributed by atoms with van der Waals surface area (Å²) in [6, 6.07) is 0.390. The molecule has 3 rings (SSSR count). The average Bonchev–Trinajstić information content (AvgIpc) is 3.22. The Labute approximate surface area is 138 Å². The number of carbonyl (C=O) groups is 1. The molecule has 0 unspecified atom stereocenters. The minimum Gasteiger partial charge on any atom is -0.340 e. The maximum absolute atomic E-state index is 12.0. The lowest BCUT2D eigenvalue weighted by Crippen LogP contribution is -2.37. The molecule has 0 radical (unpaired) electrons. The number of amides is 1. The van der Waals surface area contributed by atoms with Crippen LogP contribution < -0.4 is 5.32 Å². The molecule has 124 valence electrons. The minimum atomic E-state index is -0.0166. The predicted octanol–water partition coefficient (Wildman–Crippen LogP) is 0.979. The van der Waals surface area contributed by atoms with E-state index in [-0.39, 0.29) is 5.91 Å². The molecule has 1 N–H and O–H groups in total. The van der Waals surface area contributed by atoms with Crippen LogP contribution in [-0.4, -0.2) is 63.6 Å². The summed E-state index contributed by atoms with van der Waals surface area (Å²) < 4.78 is 5.00. The number of aryl methyl sites for hydroxylation is 1. The number of hydrogen-bond donors (Lipinski definition) is 1. The second-order valence-corrected chi connectivity index (χ2v) is 6.60. The summed E-state index contributed by atoms with van der Waals surface area (Å²) in [5, 5.41) is 9.23. The fourth-order valence-electron chi connectivity index (χ4n) is 2.72. The topological polar surface area (TPSA) is 87.4 Å². The molecule has 0 saturated carbocycles. The van der Waals surface area contributed by atoms with Gasteiger partial charge in [0.25, 0.3) is 0 Å². The van der Waals surface area contributed by atoms with Crippen molar-refractivity contribution in [2.45, 2.75) is 25.9 Å². The van der Waals surface area contributed by atoms with Crippen molar-refractivity contribution in [1.29, 1.82) is 0 Å². The van der Waals surface area contributed by atoms with E-state index in [1.807, 2.05) is 5.38 Å². The van der Waals surface area contributed by atoms with E-state index < -0.39 is 0 Å². The van der Waals surface area contributed by atoms with Crippen LogP contribution in [0.5, 0.6) is 0 Å². The second kappa shape index (κ2) is 7.16.